The topological polar surface area (TPSA) is 67.2 Å². The second-order valence-electron chi connectivity index (χ2n) is 4.83. The molecule has 1 atom stereocenters. The van der Waals surface area contributed by atoms with E-state index in [9.17, 15) is 8.42 Å². The Bertz CT molecular complexity index is 608. The van der Waals surface area contributed by atoms with Gasteiger partial charge in [-0.3, -0.25) is 0 Å². The number of sulfone groups is 1. The van der Waals surface area contributed by atoms with E-state index in [4.69, 9.17) is 10.00 Å². The van der Waals surface area contributed by atoms with Crippen molar-refractivity contribution in [3.63, 3.8) is 0 Å². The summed E-state index contributed by atoms with van der Waals surface area (Å²) in [5.41, 5.74) is 0.449. The van der Waals surface area contributed by atoms with Crippen LogP contribution in [0.3, 0.4) is 0 Å². The number of ether oxygens (including phenoxy) is 1. The van der Waals surface area contributed by atoms with Crippen LogP contribution in [0.5, 0.6) is 0 Å². The Hall–Kier alpha value is -1.64. The van der Waals surface area contributed by atoms with Crippen LogP contribution in [0.1, 0.15) is 18.4 Å². The molecule has 1 aromatic carbocycles. The van der Waals surface area contributed by atoms with Crippen molar-refractivity contribution in [3.05, 3.63) is 42.5 Å². The zero-order chi connectivity index (χ0) is 14.6. The van der Waals surface area contributed by atoms with Crippen molar-refractivity contribution in [2.75, 3.05) is 13.2 Å². The molecule has 0 spiro atoms. The lowest BCUT2D eigenvalue weighted by molar-refractivity contribution is 0.0680. The normalized spacial score (nSPS) is 18.1. The van der Waals surface area contributed by atoms with Gasteiger partial charge < -0.3 is 4.74 Å². The maximum Gasteiger partial charge on any atom is 0.185 e. The van der Waals surface area contributed by atoms with Crippen LogP contribution in [0.2, 0.25) is 0 Å². The largest absolute Gasteiger partial charge is 0.381 e. The monoisotopic (exact) mass is 291 g/mol. The molecule has 0 aliphatic carbocycles. The molecule has 0 N–H and O–H groups in total. The molecule has 2 rings (SSSR count). The number of nitrogens with zero attached hydrogens (tertiary/aromatic N) is 1. The Kier molecular flexibility index (Phi) is 4.58. The van der Waals surface area contributed by atoms with Crippen molar-refractivity contribution >= 4 is 9.84 Å². The molecule has 1 aliphatic rings. The highest BCUT2D eigenvalue weighted by Crippen LogP contribution is 2.29. The summed E-state index contributed by atoms with van der Waals surface area (Å²) in [5.74, 6) is 0.0434. The third-order valence-corrected chi connectivity index (χ3v) is 5.86. The quantitative estimate of drug-likeness (QED) is 0.798. The van der Waals surface area contributed by atoms with E-state index in [1.165, 1.54) is 30.3 Å². The maximum atomic E-state index is 12.7. The Morgan fingerprint density at radius 1 is 1.30 bits per heavy atom. The molecule has 4 nitrogen and oxygen atoms in total. The standard InChI is InChI=1S/C15H17NO3S/c1-2-15(13-7-9-19-10-8-13)20(17,18)14-5-3-12(11-16)4-6-14/h2-6,13,15H,1,7-10H2. The van der Waals surface area contributed by atoms with Gasteiger partial charge in [0.25, 0.3) is 0 Å². The SMILES string of the molecule is C=CC(C1CCOCC1)S(=O)(=O)c1ccc(C#N)cc1. The van der Waals surface area contributed by atoms with E-state index < -0.39 is 15.1 Å². The van der Waals surface area contributed by atoms with Gasteiger partial charge in [0.2, 0.25) is 0 Å². The second kappa shape index (κ2) is 6.21. The second-order valence-corrected chi connectivity index (χ2v) is 6.94. The molecule has 20 heavy (non-hydrogen) atoms. The van der Waals surface area contributed by atoms with Crippen molar-refractivity contribution in [2.24, 2.45) is 5.92 Å². The minimum atomic E-state index is -3.46. The fraction of sp³-hybridized carbons (Fsp3) is 0.400. The van der Waals surface area contributed by atoms with Crippen LogP contribution < -0.4 is 0 Å². The molecule has 0 aromatic heterocycles. The van der Waals surface area contributed by atoms with E-state index >= 15 is 0 Å². The van der Waals surface area contributed by atoms with E-state index in [0.29, 0.717) is 18.8 Å². The highest BCUT2D eigenvalue weighted by molar-refractivity contribution is 7.92. The zero-order valence-electron chi connectivity index (χ0n) is 11.2. The van der Waals surface area contributed by atoms with Crippen LogP contribution in [0, 0.1) is 17.2 Å². The van der Waals surface area contributed by atoms with Gasteiger partial charge in [-0.15, -0.1) is 6.58 Å². The van der Waals surface area contributed by atoms with Gasteiger partial charge in [0.15, 0.2) is 9.84 Å². The molecular weight excluding hydrogens is 274 g/mol. The Labute approximate surface area is 119 Å². The first kappa shape index (κ1) is 14.8. The van der Waals surface area contributed by atoms with Gasteiger partial charge in [-0.25, -0.2) is 8.42 Å². The first-order valence-electron chi connectivity index (χ1n) is 6.54. The van der Waals surface area contributed by atoms with Gasteiger partial charge in [-0.05, 0) is 43.0 Å². The van der Waals surface area contributed by atoms with Crippen molar-refractivity contribution < 1.29 is 13.2 Å². The van der Waals surface area contributed by atoms with Crippen LogP contribution in [0.15, 0.2) is 41.8 Å². The summed E-state index contributed by atoms with van der Waals surface area (Å²) < 4.78 is 30.6. The van der Waals surface area contributed by atoms with Crippen LogP contribution in [-0.4, -0.2) is 26.9 Å². The van der Waals surface area contributed by atoms with Crippen molar-refractivity contribution in [2.45, 2.75) is 23.0 Å². The third-order valence-electron chi connectivity index (χ3n) is 3.63. The smallest absolute Gasteiger partial charge is 0.185 e. The van der Waals surface area contributed by atoms with Crippen LogP contribution in [-0.2, 0) is 14.6 Å². The highest BCUT2D eigenvalue weighted by atomic mass is 32.2. The van der Waals surface area contributed by atoms with Crippen molar-refractivity contribution in [1.82, 2.24) is 0 Å². The number of nitriles is 1. The average molecular weight is 291 g/mol. The Balaban J connectivity index is 2.30. The first-order valence-corrected chi connectivity index (χ1v) is 8.08. The van der Waals surface area contributed by atoms with Crippen molar-refractivity contribution in [3.8, 4) is 6.07 Å². The first-order chi connectivity index (χ1) is 9.59. The molecular formula is C15H17NO3S. The lowest BCUT2D eigenvalue weighted by Crippen LogP contribution is -2.32. The van der Waals surface area contributed by atoms with Crippen LogP contribution in [0.25, 0.3) is 0 Å². The molecule has 5 heteroatoms. The lowest BCUT2D eigenvalue weighted by atomic mass is 9.96. The van der Waals surface area contributed by atoms with Gasteiger partial charge in [0.1, 0.15) is 0 Å². The van der Waals surface area contributed by atoms with Crippen LogP contribution in [0.4, 0.5) is 0 Å². The van der Waals surface area contributed by atoms with E-state index in [-0.39, 0.29) is 10.8 Å². The zero-order valence-corrected chi connectivity index (χ0v) is 12.0. The Morgan fingerprint density at radius 2 is 1.90 bits per heavy atom. The highest BCUT2D eigenvalue weighted by Gasteiger charge is 2.33. The lowest BCUT2D eigenvalue weighted by Gasteiger charge is -2.28. The van der Waals surface area contributed by atoms with Gasteiger partial charge in [0.05, 0.1) is 21.8 Å². The van der Waals surface area contributed by atoms with Crippen LogP contribution >= 0.6 is 0 Å². The molecule has 0 bridgehead atoms. The molecule has 1 heterocycles. The summed E-state index contributed by atoms with van der Waals surface area (Å²) in [6, 6.07) is 8.01. The maximum absolute atomic E-state index is 12.7. The number of benzene rings is 1. The fourth-order valence-corrected chi connectivity index (χ4v) is 4.36. The minimum absolute atomic E-state index is 0.0434. The minimum Gasteiger partial charge on any atom is -0.381 e. The Morgan fingerprint density at radius 3 is 2.40 bits per heavy atom. The predicted octanol–water partition coefficient (Wildman–Crippen LogP) is 2.31. The van der Waals surface area contributed by atoms with Gasteiger partial charge in [-0.2, -0.15) is 5.26 Å². The number of rotatable bonds is 4. The summed E-state index contributed by atoms with van der Waals surface area (Å²) in [6.07, 6.45) is 2.97. The fourth-order valence-electron chi connectivity index (χ4n) is 2.49. The molecule has 0 saturated carbocycles. The van der Waals surface area contributed by atoms with E-state index in [0.717, 1.165) is 12.8 Å². The average Bonchev–Trinajstić information content (AvgIpc) is 2.49. The summed E-state index contributed by atoms with van der Waals surface area (Å²) in [4.78, 5) is 0.243. The molecule has 1 saturated heterocycles. The summed E-state index contributed by atoms with van der Waals surface area (Å²) in [6.45, 7) is 4.88. The van der Waals surface area contributed by atoms with E-state index in [1.54, 1.807) is 0 Å². The third kappa shape index (κ3) is 2.92. The number of hydrogen-bond acceptors (Lipinski definition) is 4. The molecule has 106 valence electrons. The molecule has 1 aromatic rings. The number of hydrogen-bond donors (Lipinski definition) is 0. The van der Waals surface area contributed by atoms with E-state index in [1.807, 2.05) is 6.07 Å². The predicted molar refractivity (Wildman–Crippen MR) is 75.9 cm³/mol. The molecule has 0 radical (unpaired) electrons. The van der Waals surface area contributed by atoms with Gasteiger partial charge >= 0.3 is 0 Å². The molecule has 1 unspecified atom stereocenters. The van der Waals surface area contributed by atoms with E-state index in [2.05, 4.69) is 6.58 Å². The summed E-state index contributed by atoms with van der Waals surface area (Å²) in [7, 11) is -3.46. The van der Waals surface area contributed by atoms with Gasteiger partial charge in [-0.1, -0.05) is 6.08 Å². The summed E-state index contributed by atoms with van der Waals surface area (Å²) in [5, 5.41) is 8.16. The summed E-state index contributed by atoms with van der Waals surface area (Å²) >= 11 is 0. The molecule has 1 fully saturated rings. The van der Waals surface area contributed by atoms with Gasteiger partial charge in [0, 0.05) is 13.2 Å². The molecule has 0 amide bonds. The van der Waals surface area contributed by atoms with Crippen molar-refractivity contribution in [1.29, 1.82) is 5.26 Å². The molecule has 1 aliphatic heterocycles.